The highest BCUT2D eigenvalue weighted by molar-refractivity contribution is 7.99. The van der Waals surface area contributed by atoms with E-state index in [1.165, 1.54) is 5.75 Å². The molecule has 0 bridgehead atoms. The van der Waals surface area contributed by atoms with E-state index in [1.54, 1.807) is 0 Å². The number of hydrogen-bond acceptors (Lipinski definition) is 2. The molecule has 0 aromatic carbocycles. The fourth-order valence-electron chi connectivity index (χ4n) is 0.496. The van der Waals surface area contributed by atoms with Crippen molar-refractivity contribution in [2.24, 2.45) is 11.7 Å². The Kier molecular flexibility index (Phi) is 5.18. The van der Waals surface area contributed by atoms with Gasteiger partial charge in [0.1, 0.15) is 0 Å². The van der Waals surface area contributed by atoms with E-state index in [0.29, 0.717) is 12.0 Å². The lowest BCUT2D eigenvalue weighted by atomic mass is 10.1. The highest BCUT2D eigenvalue weighted by Crippen LogP contribution is 2.15. The van der Waals surface area contributed by atoms with E-state index in [2.05, 4.69) is 27.7 Å². The third kappa shape index (κ3) is 5.12. The first-order valence-corrected chi connectivity index (χ1v) is 4.96. The second kappa shape index (κ2) is 5.03. The van der Waals surface area contributed by atoms with Gasteiger partial charge in [-0.25, -0.2) is 0 Å². The standard InChI is InChI=1S/C8H19NS/c1-6(2)10-5-7(3)8(4)9/h6-8H,5,9H2,1-4H3. The third-order valence-corrected chi connectivity index (χ3v) is 2.97. The molecule has 2 atom stereocenters. The number of nitrogens with two attached hydrogens (primary N) is 1. The topological polar surface area (TPSA) is 26.0 Å². The van der Waals surface area contributed by atoms with Crippen molar-refractivity contribution in [1.82, 2.24) is 0 Å². The predicted octanol–water partition coefficient (Wildman–Crippen LogP) is 2.11. The van der Waals surface area contributed by atoms with E-state index in [9.17, 15) is 0 Å². The summed E-state index contributed by atoms with van der Waals surface area (Å²) in [7, 11) is 0. The first-order valence-electron chi connectivity index (χ1n) is 3.91. The summed E-state index contributed by atoms with van der Waals surface area (Å²) in [6, 6.07) is 0.339. The van der Waals surface area contributed by atoms with Crippen molar-refractivity contribution in [3.05, 3.63) is 0 Å². The Morgan fingerprint density at radius 1 is 1.20 bits per heavy atom. The van der Waals surface area contributed by atoms with Crippen LogP contribution in [0.5, 0.6) is 0 Å². The van der Waals surface area contributed by atoms with Crippen LogP contribution in [0.3, 0.4) is 0 Å². The van der Waals surface area contributed by atoms with Crippen LogP contribution in [-0.4, -0.2) is 17.0 Å². The van der Waals surface area contributed by atoms with Crippen molar-refractivity contribution in [3.8, 4) is 0 Å². The molecule has 0 amide bonds. The molecular formula is C8H19NS. The second-order valence-corrected chi connectivity index (χ2v) is 4.83. The minimum Gasteiger partial charge on any atom is -0.328 e. The van der Waals surface area contributed by atoms with Crippen LogP contribution in [0.15, 0.2) is 0 Å². The first kappa shape index (κ1) is 10.3. The van der Waals surface area contributed by atoms with Gasteiger partial charge in [-0.1, -0.05) is 20.8 Å². The Labute approximate surface area is 68.8 Å². The van der Waals surface area contributed by atoms with Crippen molar-refractivity contribution < 1.29 is 0 Å². The maximum absolute atomic E-state index is 5.71. The Balaban J connectivity index is 3.30. The maximum Gasteiger partial charge on any atom is 0.00440 e. The molecule has 0 spiro atoms. The zero-order chi connectivity index (χ0) is 8.15. The Morgan fingerprint density at radius 2 is 1.70 bits per heavy atom. The molecule has 0 aliphatic rings. The smallest absolute Gasteiger partial charge is 0.00440 e. The summed E-state index contributed by atoms with van der Waals surface area (Å²) in [5.74, 6) is 1.84. The molecule has 0 fully saturated rings. The molecule has 62 valence electrons. The van der Waals surface area contributed by atoms with E-state index in [4.69, 9.17) is 5.73 Å². The summed E-state index contributed by atoms with van der Waals surface area (Å²) in [6.45, 7) is 8.72. The SMILES string of the molecule is CC(C)SCC(C)C(C)N. The average Bonchev–Trinajstić information content (AvgIpc) is 1.82. The molecule has 0 saturated carbocycles. The zero-order valence-corrected chi connectivity index (χ0v) is 8.24. The van der Waals surface area contributed by atoms with Gasteiger partial charge in [0.2, 0.25) is 0 Å². The lowest BCUT2D eigenvalue weighted by Gasteiger charge is -2.15. The molecule has 0 radical (unpaired) electrons. The summed E-state index contributed by atoms with van der Waals surface area (Å²) >= 11 is 1.99. The molecule has 2 heteroatoms. The van der Waals surface area contributed by atoms with Crippen molar-refractivity contribution in [2.75, 3.05) is 5.75 Å². The highest BCUT2D eigenvalue weighted by atomic mass is 32.2. The third-order valence-electron chi connectivity index (χ3n) is 1.59. The molecule has 2 unspecified atom stereocenters. The van der Waals surface area contributed by atoms with Gasteiger partial charge in [-0.2, -0.15) is 11.8 Å². The van der Waals surface area contributed by atoms with Crippen LogP contribution < -0.4 is 5.73 Å². The second-order valence-electron chi connectivity index (χ2n) is 3.22. The zero-order valence-electron chi connectivity index (χ0n) is 7.42. The molecule has 0 saturated heterocycles. The van der Waals surface area contributed by atoms with E-state index in [0.717, 1.165) is 5.25 Å². The first-order chi connectivity index (χ1) is 4.54. The van der Waals surface area contributed by atoms with E-state index in [1.807, 2.05) is 11.8 Å². The fraction of sp³-hybridized carbons (Fsp3) is 1.00. The van der Waals surface area contributed by atoms with E-state index >= 15 is 0 Å². The van der Waals surface area contributed by atoms with Gasteiger partial charge in [-0.05, 0) is 23.8 Å². The Morgan fingerprint density at radius 3 is 2.00 bits per heavy atom. The van der Waals surface area contributed by atoms with Gasteiger partial charge in [-0.15, -0.1) is 0 Å². The van der Waals surface area contributed by atoms with E-state index < -0.39 is 0 Å². The molecule has 10 heavy (non-hydrogen) atoms. The van der Waals surface area contributed by atoms with Gasteiger partial charge in [-0.3, -0.25) is 0 Å². The van der Waals surface area contributed by atoms with Gasteiger partial charge >= 0.3 is 0 Å². The van der Waals surface area contributed by atoms with Crippen LogP contribution in [0.1, 0.15) is 27.7 Å². The monoisotopic (exact) mass is 161 g/mol. The van der Waals surface area contributed by atoms with Crippen LogP contribution >= 0.6 is 11.8 Å². The normalized spacial score (nSPS) is 17.4. The van der Waals surface area contributed by atoms with Crippen LogP contribution in [-0.2, 0) is 0 Å². The summed E-state index contributed by atoms with van der Waals surface area (Å²) < 4.78 is 0. The molecular weight excluding hydrogens is 142 g/mol. The molecule has 0 aliphatic heterocycles. The van der Waals surface area contributed by atoms with Gasteiger partial charge in [0.25, 0.3) is 0 Å². The largest absolute Gasteiger partial charge is 0.328 e. The van der Waals surface area contributed by atoms with Gasteiger partial charge in [0, 0.05) is 6.04 Å². The predicted molar refractivity (Wildman–Crippen MR) is 50.4 cm³/mol. The minimum absolute atomic E-state index is 0.339. The summed E-state index contributed by atoms with van der Waals surface area (Å²) in [5.41, 5.74) is 5.71. The Bertz CT molecular complexity index is 81.3. The molecule has 2 N–H and O–H groups in total. The minimum atomic E-state index is 0.339. The van der Waals surface area contributed by atoms with Crippen LogP contribution in [0.2, 0.25) is 0 Å². The molecule has 0 aromatic rings. The highest BCUT2D eigenvalue weighted by Gasteiger charge is 2.07. The van der Waals surface area contributed by atoms with Crippen molar-refractivity contribution in [1.29, 1.82) is 0 Å². The molecule has 1 nitrogen and oxygen atoms in total. The molecule has 0 heterocycles. The fourth-order valence-corrected chi connectivity index (χ4v) is 1.49. The van der Waals surface area contributed by atoms with Crippen LogP contribution in [0.4, 0.5) is 0 Å². The van der Waals surface area contributed by atoms with Gasteiger partial charge in [0.15, 0.2) is 0 Å². The van der Waals surface area contributed by atoms with E-state index in [-0.39, 0.29) is 0 Å². The molecule has 0 aromatic heterocycles. The van der Waals surface area contributed by atoms with Gasteiger partial charge in [0.05, 0.1) is 0 Å². The summed E-state index contributed by atoms with van der Waals surface area (Å²) in [5, 5.41) is 0.737. The van der Waals surface area contributed by atoms with Crippen LogP contribution in [0, 0.1) is 5.92 Å². The average molecular weight is 161 g/mol. The van der Waals surface area contributed by atoms with Crippen molar-refractivity contribution in [3.63, 3.8) is 0 Å². The van der Waals surface area contributed by atoms with Crippen molar-refractivity contribution in [2.45, 2.75) is 39.0 Å². The maximum atomic E-state index is 5.71. The summed E-state index contributed by atoms with van der Waals surface area (Å²) in [4.78, 5) is 0. The molecule has 0 rings (SSSR count). The number of thioether (sulfide) groups is 1. The van der Waals surface area contributed by atoms with Crippen molar-refractivity contribution >= 4 is 11.8 Å². The van der Waals surface area contributed by atoms with Gasteiger partial charge < -0.3 is 5.73 Å². The number of hydrogen-bond donors (Lipinski definition) is 1. The number of rotatable bonds is 4. The van der Waals surface area contributed by atoms with Crippen LogP contribution in [0.25, 0.3) is 0 Å². The lowest BCUT2D eigenvalue weighted by Crippen LogP contribution is -2.26. The quantitative estimate of drug-likeness (QED) is 0.683. The Hall–Kier alpha value is 0.310. The molecule has 0 aliphatic carbocycles. The summed E-state index contributed by atoms with van der Waals surface area (Å²) in [6.07, 6.45) is 0. The lowest BCUT2D eigenvalue weighted by molar-refractivity contribution is 0.537.